The van der Waals surface area contributed by atoms with Crippen LogP contribution in [0.4, 0.5) is 0 Å². The van der Waals surface area contributed by atoms with E-state index in [9.17, 15) is 0 Å². The van der Waals surface area contributed by atoms with Crippen LogP contribution in [0.1, 0.15) is 38.5 Å². The number of halogens is 2. The van der Waals surface area contributed by atoms with Crippen LogP contribution in [0.5, 0.6) is 0 Å². The quantitative estimate of drug-likeness (QED) is 0.346. The first-order valence-electron chi connectivity index (χ1n) is 4.03. The zero-order chi connectivity index (χ0) is 7.66. The molecule has 0 rings (SSSR count). The van der Waals surface area contributed by atoms with Gasteiger partial charge in [-0.1, -0.05) is 25.7 Å². The first-order valence-corrected chi connectivity index (χ1v) is 5.10. The summed E-state index contributed by atoms with van der Waals surface area (Å²) in [6.07, 6.45) is 7.55. The molecule has 0 aliphatic heterocycles. The van der Waals surface area contributed by atoms with Crippen LogP contribution in [0.2, 0.25) is 0 Å². The van der Waals surface area contributed by atoms with Gasteiger partial charge in [0.25, 0.3) is 0 Å². The summed E-state index contributed by atoms with van der Waals surface area (Å²) in [5, 5.41) is 0. The van der Waals surface area contributed by atoms with Crippen molar-refractivity contribution in [3.8, 4) is 0 Å². The maximum Gasteiger partial charge on any atom is 0.187 e. The van der Waals surface area contributed by atoms with Gasteiger partial charge >= 0.3 is 0 Å². The van der Waals surface area contributed by atoms with E-state index in [1.807, 2.05) is 0 Å². The summed E-state index contributed by atoms with van der Waals surface area (Å²) in [6, 6.07) is 0. The Balaban J connectivity index is 0. The minimum atomic E-state index is 0. The number of alkyl halides is 2. The lowest BCUT2D eigenvalue weighted by Gasteiger charge is -1.96. The second-order valence-corrected chi connectivity index (χ2v) is 3.26. The molecule has 0 radical (unpaired) electrons. The summed E-state index contributed by atoms with van der Waals surface area (Å²) in [7, 11) is 0. The highest BCUT2D eigenvalue weighted by Crippen LogP contribution is 2.06. The normalized spacial score (nSPS) is 9.27. The lowest BCUT2D eigenvalue weighted by Crippen LogP contribution is -1.80. The van der Waals surface area contributed by atoms with E-state index >= 15 is 0 Å². The molecule has 0 nitrogen and oxygen atoms in total. The Morgan fingerprint density at radius 2 is 0.818 bits per heavy atom. The molecule has 0 aromatic carbocycles. The molecule has 0 bridgehead atoms. The average molecular weight is 213 g/mol. The van der Waals surface area contributed by atoms with Crippen LogP contribution in [-0.4, -0.2) is 29.1 Å². The molecule has 0 atom stereocenters. The summed E-state index contributed by atoms with van der Waals surface area (Å²) in [6.45, 7) is 0. The number of unbranched alkanes of at least 4 members (excludes halogenated alkanes) is 5. The Kier molecular flexibility index (Phi) is 18.2. The van der Waals surface area contributed by atoms with Crippen LogP contribution in [0, 0.1) is 0 Å². The Bertz CT molecular complexity index is 52.1. The monoisotopic (exact) mass is 212 g/mol. The lowest BCUT2D eigenvalue weighted by atomic mass is 10.1. The first-order chi connectivity index (χ1) is 4.91. The van der Waals surface area contributed by atoms with Gasteiger partial charge in [-0.05, 0) is 12.8 Å². The molecule has 0 aromatic rings. The van der Waals surface area contributed by atoms with Crippen molar-refractivity contribution in [1.29, 1.82) is 0 Å². The lowest BCUT2D eigenvalue weighted by molar-refractivity contribution is 0.627. The number of hydrogen-bond donors (Lipinski definition) is 0. The molecule has 0 amide bonds. The minimum absolute atomic E-state index is 0. The number of rotatable bonds is 7. The molecule has 0 spiro atoms. The molecule has 0 fully saturated rings. The van der Waals surface area contributed by atoms with Gasteiger partial charge in [-0.25, -0.2) is 0 Å². The summed E-state index contributed by atoms with van der Waals surface area (Å²) in [5.74, 6) is 1.63. The molecular formula is C8H19AlCl2. The molecule has 68 valence electrons. The van der Waals surface area contributed by atoms with Crippen LogP contribution < -0.4 is 0 Å². The predicted octanol–water partition coefficient (Wildman–Crippen LogP) is 2.62. The average Bonchev–Trinajstić information content (AvgIpc) is 1.97. The Hall–Kier alpha value is 1.11. The third-order valence-electron chi connectivity index (χ3n) is 1.52. The fourth-order valence-electron chi connectivity index (χ4n) is 0.896. The molecule has 0 aromatic heterocycles. The molecule has 0 saturated carbocycles. The van der Waals surface area contributed by atoms with Crippen molar-refractivity contribution < 1.29 is 0 Å². The second kappa shape index (κ2) is 13.7. The van der Waals surface area contributed by atoms with Gasteiger partial charge in [0.15, 0.2) is 17.4 Å². The molecule has 0 N–H and O–H groups in total. The van der Waals surface area contributed by atoms with Gasteiger partial charge in [-0.3, -0.25) is 0 Å². The minimum Gasteiger partial charge on any atom is -0.127 e. The van der Waals surface area contributed by atoms with Crippen LogP contribution in [-0.2, 0) is 0 Å². The summed E-state index contributed by atoms with van der Waals surface area (Å²) in [5.41, 5.74) is 0. The van der Waals surface area contributed by atoms with E-state index < -0.39 is 0 Å². The molecule has 0 aliphatic rings. The fraction of sp³-hybridized carbons (Fsp3) is 1.00. The van der Waals surface area contributed by atoms with Gasteiger partial charge in [0.1, 0.15) is 0 Å². The third kappa shape index (κ3) is 14.0. The highest BCUT2D eigenvalue weighted by Gasteiger charge is 1.88. The zero-order valence-electron chi connectivity index (χ0n) is 6.41. The van der Waals surface area contributed by atoms with Crippen molar-refractivity contribution in [2.75, 3.05) is 11.8 Å². The van der Waals surface area contributed by atoms with Gasteiger partial charge in [0, 0.05) is 11.8 Å². The van der Waals surface area contributed by atoms with Gasteiger partial charge < -0.3 is 0 Å². The summed E-state index contributed by atoms with van der Waals surface area (Å²) in [4.78, 5) is 0. The molecular weight excluding hydrogens is 194 g/mol. The summed E-state index contributed by atoms with van der Waals surface area (Å²) >= 11 is 11.0. The van der Waals surface area contributed by atoms with Crippen LogP contribution in [0.3, 0.4) is 0 Å². The Morgan fingerprint density at radius 3 is 1.09 bits per heavy atom. The maximum atomic E-state index is 5.52. The second-order valence-electron chi connectivity index (χ2n) is 2.50. The Labute approximate surface area is 90.8 Å². The SMILES string of the molecule is ClCCCCCCCCCl.[AlH3]. The molecule has 0 unspecified atom stereocenters. The van der Waals surface area contributed by atoms with Gasteiger partial charge in [0.2, 0.25) is 0 Å². The van der Waals surface area contributed by atoms with Crippen molar-refractivity contribution in [3.05, 3.63) is 0 Å². The standard InChI is InChI=1S/C8H16Cl2.Al.3H/c9-7-5-3-1-2-4-6-8-10;;;;/h1-8H2;;;;. The van der Waals surface area contributed by atoms with E-state index in [4.69, 9.17) is 23.2 Å². The van der Waals surface area contributed by atoms with Crippen LogP contribution in [0.15, 0.2) is 0 Å². The van der Waals surface area contributed by atoms with E-state index in [2.05, 4.69) is 0 Å². The van der Waals surface area contributed by atoms with E-state index in [1.54, 1.807) is 0 Å². The molecule has 3 heteroatoms. The van der Waals surface area contributed by atoms with Crippen LogP contribution in [0.25, 0.3) is 0 Å². The molecule has 0 aliphatic carbocycles. The topological polar surface area (TPSA) is 0 Å². The van der Waals surface area contributed by atoms with E-state index in [0.29, 0.717) is 0 Å². The zero-order valence-corrected chi connectivity index (χ0v) is 7.92. The molecule has 0 saturated heterocycles. The number of hydrogen-bond acceptors (Lipinski definition) is 0. The van der Waals surface area contributed by atoms with Crippen LogP contribution >= 0.6 is 23.2 Å². The third-order valence-corrected chi connectivity index (χ3v) is 2.05. The highest BCUT2D eigenvalue weighted by atomic mass is 35.5. The smallest absolute Gasteiger partial charge is 0.127 e. The Morgan fingerprint density at radius 1 is 0.545 bits per heavy atom. The summed E-state index contributed by atoms with van der Waals surface area (Å²) < 4.78 is 0. The van der Waals surface area contributed by atoms with Crippen molar-refractivity contribution in [1.82, 2.24) is 0 Å². The molecule has 11 heavy (non-hydrogen) atoms. The van der Waals surface area contributed by atoms with Gasteiger partial charge in [0.05, 0.1) is 0 Å². The highest BCUT2D eigenvalue weighted by molar-refractivity contribution is 6.18. The fourth-order valence-corrected chi connectivity index (χ4v) is 1.27. The van der Waals surface area contributed by atoms with Gasteiger partial charge in [-0.15, -0.1) is 23.2 Å². The van der Waals surface area contributed by atoms with Crippen molar-refractivity contribution in [3.63, 3.8) is 0 Å². The van der Waals surface area contributed by atoms with E-state index in [1.165, 1.54) is 38.5 Å². The maximum absolute atomic E-state index is 5.52. The van der Waals surface area contributed by atoms with Crippen molar-refractivity contribution >= 4 is 40.6 Å². The van der Waals surface area contributed by atoms with Gasteiger partial charge in [-0.2, -0.15) is 0 Å². The van der Waals surface area contributed by atoms with E-state index in [0.717, 1.165) is 11.8 Å². The predicted molar refractivity (Wildman–Crippen MR) is 59.1 cm³/mol. The van der Waals surface area contributed by atoms with E-state index in [-0.39, 0.29) is 17.4 Å². The molecule has 0 heterocycles. The first kappa shape index (κ1) is 14.6. The van der Waals surface area contributed by atoms with Crippen molar-refractivity contribution in [2.24, 2.45) is 0 Å². The van der Waals surface area contributed by atoms with Crippen molar-refractivity contribution in [2.45, 2.75) is 38.5 Å². The largest absolute Gasteiger partial charge is 0.187 e.